The van der Waals surface area contributed by atoms with Crippen LogP contribution in [0.15, 0.2) is 24.3 Å². The fourth-order valence-electron chi connectivity index (χ4n) is 4.43. The van der Waals surface area contributed by atoms with Gasteiger partial charge in [-0.1, -0.05) is 68.4 Å². The zero-order valence-electron chi connectivity index (χ0n) is 13.4. The highest BCUT2D eigenvalue weighted by atomic mass is 31.2. The summed E-state index contributed by atoms with van der Waals surface area (Å²) in [6, 6.07) is 8.68. The van der Waals surface area contributed by atoms with Crippen molar-refractivity contribution in [3.8, 4) is 0 Å². The molecule has 1 aromatic rings. The molecule has 2 fully saturated rings. The molecule has 2 aliphatic rings. The molecule has 1 aromatic carbocycles. The highest BCUT2D eigenvalue weighted by Gasteiger charge is 2.42. The number of hydrogen-bond donors (Lipinski definition) is 0. The van der Waals surface area contributed by atoms with Gasteiger partial charge in [0, 0.05) is 16.6 Å². The minimum absolute atomic E-state index is 0.469. The molecule has 0 amide bonds. The molecule has 1 nitrogen and oxygen atoms in total. The van der Waals surface area contributed by atoms with Gasteiger partial charge in [0.05, 0.1) is 0 Å². The lowest BCUT2D eigenvalue weighted by atomic mass is 9.99. The summed E-state index contributed by atoms with van der Waals surface area (Å²) >= 11 is 0. The van der Waals surface area contributed by atoms with E-state index in [2.05, 4.69) is 31.2 Å². The third-order valence-corrected chi connectivity index (χ3v) is 9.98. The number of aryl methyl sites for hydroxylation is 1. The molecule has 21 heavy (non-hydrogen) atoms. The van der Waals surface area contributed by atoms with E-state index in [0.29, 0.717) is 11.3 Å². The van der Waals surface area contributed by atoms with Gasteiger partial charge in [0.25, 0.3) is 0 Å². The van der Waals surface area contributed by atoms with Crippen LogP contribution in [0.4, 0.5) is 0 Å². The van der Waals surface area contributed by atoms with E-state index in [1.54, 1.807) is 0 Å². The van der Waals surface area contributed by atoms with Crippen LogP contribution in [0.1, 0.15) is 69.8 Å². The molecule has 0 atom stereocenters. The molecular weight excluding hydrogens is 275 g/mol. The van der Waals surface area contributed by atoms with E-state index >= 15 is 0 Å². The fourth-order valence-corrected chi connectivity index (χ4v) is 8.75. The second-order valence-electron chi connectivity index (χ2n) is 7.13. The monoisotopic (exact) mass is 304 g/mol. The molecule has 2 saturated carbocycles. The fraction of sp³-hybridized carbons (Fsp3) is 0.684. The highest BCUT2D eigenvalue weighted by molar-refractivity contribution is 7.73. The zero-order chi connectivity index (χ0) is 14.7. The number of benzene rings is 1. The average Bonchev–Trinajstić information content (AvgIpc) is 2.56. The van der Waals surface area contributed by atoms with Crippen molar-refractivity contribution in [3.63, 3.8) is 0 Å². The molecule has 3 rings (SSSR count). The second-order valence-corrected chi connectivity index (χ2v) is 10.5. The maximum Gasteiger partial charge on any atom is 0.121 e. The van der Waals surface area contributed by atoms with Crippen molar-refractivity contribution in [1.82, 2.24) is 0 Å². The van der Waals surface area contributed by atoms with Gasteiger partial charge in [0.1, 0.15) is 7.14 Å². The van der Waals surface area contributed by atoms with Crippen LogP contribution in [0.5, 0.6) is 0 Å². The smallest absolute Gasteiger partial charge is 0.121 e. The molecule has 0 bridgehead atoms. The van der Waals surface area contributed by atoms with Gasteiger partial charge in [0.15, 0.2) is 0 Å². The van der Waals surface area contributed by atoms with E-state index in [4.69, 9.17) is 0 Å². The average molecular weight is 304 g/mol. The second kappa shape index (κ2) is 6.69. The SMILES string of the molecule is Cc1ccc(P(=O)(C2CCCCC2)C2CCCCC2)cc1. The zero-order valence-corrected chi connectivity index (χ0v) is 14.3. The first kappa shape index (κ1) is 15.3. The van der Waals surface area contributed by atoms with Gasteiger partial charge >= 0.3 is 0 Å². The maximum absolute atomic E-state index is 14.2. The van der Waals surface area contributed by atoms with Gasteiger partial charge in [-0.2, -0.15) is 0 Å². The van der Waals surface area contributed by atoms with Crippen molar-refractivity contribution >= 4 is 12.4 Å². The Kier molecular flexibility index (Phi) is 4.89. The van der Waals surface area contributed by atoms with Crippen LogP contribution in [-0.2, 0) is 4.57 Å². The summed E-state index contributed by atoms with van der Waals surface area (Å²) in [5.74, 6) is 0. The van der Waals surface area contributed by atoms with Crippen molar-refractivity contribution in [2.24, 2.45) is 0 Å². The standard InChI is InChI=1S/C19H29OP/c1-16-12-14-19(15-13-16)21(20,17-8-4-2-5-9-17)18-10-6-3-7-11-18/h12-15,17-18H,2-11H2,1H3. The molecule has 116 valence electrons. The topological polar surface area (TPSA) is 17.1 Å². The Labute approximate surface area is 129 Å². The van der Waals surface area contributed by atoms with E-state index in [1.165, 1.54) is 75.1 Å². The number of rotatable bonds is 3. The Hall–Kier alpha value is -0.550. The Morgan fingerprint density at radius 3 is 1.62 bits per heavy atom. The van der Waals surface area contributed by atoms with Gasteiger partial charge in [0.2, 0.25) is 0 Å². The number of hydrogen-bond acceptors (Lipinski definition) is 1. The molecule has 0 N–H and O–H groups in total. The molecule has 0 heterocycles. The molecule has 0 aromatic heterocycles. The maximum atomic E-state index is 14.2. The summed E-state index contributed by atoms with van der Waals surface area (Å²) in [6.45, 7) is 2.12. The van der Waals surface area contributed by atoms with Gasteiger partial charge < -0.3 is 4.57 Å². The van der Waals surface area contributed by atoms with Crippen molar-refractivity contribution in [3.05, 3.63) is 29.8 Å². The summed E-state index contributed by atoms with van der Waals surface area (Å²) in [6.07, 6.45) is 12.6. The lowest BCUT2D eigenvalue weighted by Gasteiger charge is -2.38. The molecule has 0 radical (unpaired) electrons. The van der Waals surface area contributed by atoms with Crippen LogP contribution in [0.25, 0.3) is 0 Å². The van der Waals surface area contributed by atoms with Crippen molar-refractivity contribution < 1.29 is 4.57 Å². The Morgan fingerprint density at radius 1 is 0.762 bits per heavy atom. The van der Waals surface area contributed by atoms with Gasteiger partial charge in [-0.3, -0.25) is 0 Å². The van der Waals surface area contributed by atoms with Crippen molar-refractivity contribution in [2.45, 2.75) is 82.4 Å². The molecule has 2 heteroatoms. The molecule has 0 aliphatic heterocycles. The van der Waals surface area contributed by atoms with Crippen molar-refractivity contribution in [2.75, 3.05) is 0 Å². The molecule has 0 spiro atoms. The van der Waals surface area contributed by atoms with Crippen molar-refractivity contribution in [1.29, 1.82) is 0 Å². The van der Waals surface area contributed by atoms with Crippen LogP contribution in [0.3, 0.4) is 0 Å². The lowest BCUT2D eigenvalue weighted by Crippen LogP contribution is -2.29. The minimum Gasteiger partial charge on any atom is -0.318 e. The Bertz CT molecular complexity index is 471. The van der Waals surface area contributed by atoms with Crippen LogP contribution < -0.4 is 5.30 Å². The molecule has 0 unspecified atom stereocenters. The summed E-state index contributed by atoms with van der Waals surface area (Å²) in [4.78, 5) is 0. The predicted octanol–water partition coefficient (Wildman–Crippen LogP) is 5.65. The third-order valence-electron chi connectivity index (χ3n) is 5.67. The van der Waals surface area contributed by atoms with Crippen LogP contribution >= 0.6 is 7.14 Å². The summed E-state index contributed by atoms with van der Waals surface area (Å²) in [5.41, 5.74) is 2.21. The quantitative estimate of drug-likeness (QED) is 0.660. The van der Waals surface area contributed by atoms with E-state index in [0.717, 1.165) is 0 Å². The van der Waals surface area contributed by atoms with Gasteiger partial charge in [-0.25, -0.2) is 0 Å². The molecule has 0 saturated heterocycles. The normalized spacial score (nSPS) is 22.3. The van der Waals surface area contributed by atoms with E-state index in [9.17, 15) is 4.57 Å². The minimum atomic E-state index is -2.24. The third kappa shape index (κ3) is 3.14. The molecule has 2 aliphatic carbocycles. The first-order valence-corrected chi connectivity index (χ1v) is 10.7. The van der Waals surface area contributed by atoms with Gasteiger partial charge in [-0.05, 0) is 32.6 Å². The first-order chi connectivity index (χ1) is 10.2. The Balaban J connectivity index is 1.96. The summed E-state index contributed by atoms with van der Waals surface area (Å²) in [5, 5.41) is 1.19. The van der Waals surface area contributed by atoms with Crippen LogP contribution in [-0.4, -0.2) is 11.3 Å². The summed E-state index contributed by atoms with van der Waals surface area (Å²) in [7, 11) is -2.24. The van der Waals surface area contributed by atoms with Crippen LogP contribution in [0.2, 0.25) is 0 Å². The highest BCUT2D eigenvalue weighted by Crippen LogP contribution is 2.61. The van der Waals surface area contributed by atoms with E-state index in [1.807, 2.05) is 0 Å². The summed E-state index contributed by atoms with van der Waals surface area (Å²) < 4.78 is 14.2. The first-order valence-electron chi connectivity index (χ1n) is 8.88. The van der Waals surface area contributed by atoms with E-state index < -0.39 is 7.14 Å². The lowest BCUT2D eigenvalue weighted by molar-refractivity contribution is 0.453. The largest absolute Gasteiger partial charge is 0.318 e. The van der Waals surface area contributed by atoms with Gasteiger partial charge in [-0.15, -0.1) is 0 Å². The predicted molar refractivity (Wildman–Crippen MR) is 92.2 cm³/mol. The van der Waals surface area contributed by atoms with Crippen LogP contribution in [0, 0.1) is 6.92 Å². The Morgan fingerprint density at radius 2 is 1.19 bits per heavy atom. The van der Waals surface area contributed by atoms with E-state index in [-0.39, 0.29) is 0 Å². The molecular formula is C19H29OP.